The fourth-order valence-corrected chi connectivity index (χ4v) is 1.70. The van der Waals surface area contributed by atoms with Gasteiger partial charge in [-0.05, 0) is 18.6 Å². The van der Waals surface area contributed by atoms with Gasteiger partial charge in [0.05, 0.1) is 6.61 Å². The third-order valence-electron chi connectivity index (χ3n) is 2.32. The van der Waals surface area contributed by atoms with Gasteiger partial charge in [0.1, 0.15) is 11.9 Å². The molecule has 0 saturated carbocycles. The number of nitrogens with two attached hydrogens (primary N) is 1. The first kappa shape index (κ1) is 8.66. The third kappa shape index (κ3) is 1.34. The van der Waals surface area contributed by atoms with Crippen molar-refractivity contribution in [1.29, 1.82) is 0 Å². The Morgan fingerprint density at radius 3 is 3.08 bits per heavy atom. The molecule has 2 rings (SSSR count). The number of halogens is 1. The summed E-state index contributed by atoms with van der Waals surface area (Å²) < 4.78 is 18.8. The monoisotopic (exact) mass is 181 g/mol. The molecule has 1 aromatic rings. The Bertz CT molecular complexity index is 325. The standard InChI is InChI=1S/C10H12FNO/c1-6(12)10-9-7(5-13-10)3-2-4-8(9)11/h2-4,6,10H,5,12H2,1H3/t6-,10-/m0/s1. The predicted octanol–water partition coefficient (Wildman–Crippen LogP) is 1.74. The number of hydrogen-bond acceptors (Lipinski definition) is 2. The van der Waals surface area contributed by atoms with Gasteiger partial charge in [-0.15, -0.1) is 0 Å². The summed E-state index contributed by atoms with van der Waals surface area (Å²) >= 11 is 0. The number of benzene rings is 1. The molecule has 1 aromatic carbocycles. The molecule has 1 aliphatic heterocycles. The summed E-state index contributed by atoms with van der Waals surface area (Å²) in [6.45, 7) is 2.30. The molecule has 1 heterocycles. The van der Waals surface area contributed by atoms with Gasteiger partial charge < -0.3 is 10.5 Å². The van der Waals surface area contributed by atoms with Crippen molar-refractivity contribution in [2.45, 2.75) is 25.7 Å². The third-order valence-corrected chi connectivity index (χ3v) is 2.32. The Labute approximate surface area is 76.5 Å². The lowest BCUT2D eigenvalue weighted by atomic mass is 10.0. The summed E-state index contributed by atoms with van der Waals surface area (Å²) in [4.78, 5) is 0. The first-order valence-electron chi connectivity index (χ1n) is 4.34. The van der Waals surface area contributed by atoms with E-state index < -0.39 is 0 Å². The van der Waals surface area contributed by atoms with Gasteiger partial charge >= 0.3 is 0 Å². The minimum Gasteiger partial charge on any atom is -0.367 e. The Balaban J connectivity index is 2.46. The highest BCUT2D eigenvalue weighted by Crippen LogP contribution is 2.33. The summed E-state index contributed by atoms with van der Waals surface area (Å²) in [5.41, 5.74) is 7.25. The maximum Gasteiger partial charge on any atom is 0.129 e. The SMILES string of the molecule is C[C@H](N)[C@@H]1OCc2cccc(F)c21. The highest BCUT2D eigenvalue weighted by molar-refractivity contribution is 5.33. The summed E-state index contributed by atoms with van der Waals surface area (Å²) in [5.74, 6) is -0.211. The lowest BCUT2D eigenvalue weighted by Gasteiger charge is -2.15. The Morgan fingerprint density at radius 2 is 2.38 bits per heavy atom. The smallest absolute Gasteiger partial charge is 0.129 e. The topological polar surface area (TPSA) is 35.2 Å². The van der Waals surface area contributed by atoms with Crippen LogP contribution in [-0.4, -0.2) is 6.04 Å². The predicted molar refractivity (Wildman–Crippen MR) is 47.6 cm³/mol. The van der Waals surface area contributed by atoms with Crippen LogP contribution in [0, 0.1) is 5.82 Å². The van der Waals surface area contributed by atoms with Crippen LogP contribution in [0.25, 0.3) is 0 Å². The largest absolute Gasteiger partial charge is 0.367 e. The fourth-order valence-electron chi connectivity index (χ4n) is 1.70. The van der Waals surface area contributed by atoms with Gasteiger partial charge in [-0.2, -0.15) is 0 Å². The first-order chi connectivity index (χ1) is 6.20. The van der Waals surface area contributed by atoms with Crippen LogP contribution in [0.4, 0.5) is 4.39 Å². The molecule has 0 unspecified atom stereocenters. The van der Waals surface area contributed by atoms with Gasteiger partial charge in [0.25, 0.3) is 0 Å². The minimum atomic E-state index is -0.281. The highest BCUT2D eigenvalue weighted by atomic mass is 19.1. The van der Waals surface area contributed by atoms with E-state index in [4.69, 9.17) is 10.5 Å². The molecule has 70 valence electrons. The van der Waals surface area contributed by atoms with E-state index in [0.717, 1.165) is 5.56 Å². The van der Waals surface area contributed by atoms with Crippen LogP contribution < -0.4 is 5.73 Å². The second-order valence-corrected chi connectivity index (χ2v) is 3.40. The first-order valence-corrected chi connectivity index (χ1v) is 4.34. The zero-order valence-corrected chi connectivity index (χ0v) is 7.46. The van der Waals surface area contributed by atoms with Crippen LogP contribution in [0.3, 0.4) is 0 Å². The molecule has 0 saturated heterocycles. The second kappa shape index (κ2) is 3.09. The maximum atomic E-state index is 13.4. The van der Waals surface area contributed by atoms with E-state index in [1.165, 1.54) is 6.07 Å². The molecule has 1 aliphatic rings. The van der Waals surface area contributed by atoms with Crippen molar-refractivity contribution in [3.8, 4) is 0 Å². The number of ether oxygens (including phenoxy) is 1. The Hall–Kier alpha value is -0.930. The van der Waals surface area contributed by atoms with E-state index in [9.17, 15) is 4.39 Å². The number of rotatable bonds is 1. The molecule has 3 heteroatoms. The van der Waals surface area contributed by atoms with Gasteiger partial charge in [-0.25, -0.2) is 4.39 Å². The maximum absolute atomic E-state index is 13.4. The second-order valence-electron chi connectivity index (χ2n) is 3.40. The van der Waals surface area contributed by atoms with Crippen molar-refractivity contribution < 1.29 is 9.13 Å². The molecule has 0 aromatic heterocycles. The highest BCUT2D eigenvalue weighted by Gasteiger charge is 2.28. The molecular weight excluding hydrogens is 169 g/mol. The number of fused-ring (bicyclic) bond motifs is 1. The quantitative estimate of drug-likeness (QED) is 0.716. The van der Waals surface area contributed by atoms with Gasteiger partial charge in [-0.1, -0.05) is 12.1 Å². The van der Waals surface area contributed by atoms with Crippen molar-refractivity contribution in [2.75, 3.05) is 0 Å². The fraction of sp³-hybridized carbons (Fsp3) is 0.400. The molecule has 0 spiro atoms. The van der Waals surface area contributed by atoms with Crippen LogP contribution in [-0.2, 0) is 11.3 Å². The molecular formula is C10H12FNO. The number of hydrogen-bond donors (Lipinski definition) is 1. The van der Waals surface area contributed by atoms with E-state index in [-0.39, 0.29) is 18.0 Å². The molecule has 13 heavy (non-hydrogen) atoms. The van der Waals surface area contributed by atoms with E-state index in [0.29, 0.717) is 12.2 Å². The lowest BCUT2D eigenvalue weighted by molar-refractivity contribution is 0.0502. The van der Waals surface area contributed by atoms with Crippen LogP contribution in [0.5, 0.6) is 0 Å². The molecule has 2 nitrogen and oxygen atoms in total. The van der Waals surface area contributed by atoms with Crippen molar-refractivity contribution in [1.82, 2.24) is 0 Å². The molecule has 0 radical (unpaired) electrons. The van der Waals surface area contributed by atoms with E-state index in [1.807, 2.05) is 13.0 Å². The van der Waals surface area contributed by atoms with Crippen molar-refractivity contribution in [2.24, 2.45) is 5.73 Å². The van der Waals surface area contributed by atoms with Gasteiger partial charge in [-0.3, -0.25) is 0 Å². The van der Waals surface area contributed by atoms with Gasteiger partial charge in [0.15, 0.2) is 0 Å². The summed E-state index contributed by atoms with van der Waals surface area (Å²) in [6.07, 6.45) is -0.281. The molecule has 0 aliphatic carbocycles. The average Bonchev–Trinajstić information content (AvgIpc) is 2.49. The van der Waals surface area contributed by atoms with E-state index in [1.54, 1.807) is 6.07 Å². The zero-order valence-electron chi connectivity index (χ0n) is 7.46. The lowest BCUT2D eigenvalue weighted by Crippen LogP contribution is -2.24. The molecule has 0 fully saturated rings. The summed E-state index contributed by atoms with van der Waals surface area (Å²) in [6, 6.07) is 4.85. The van der Waals surface area contributed by atoms with Gasteiger partial charge in [0.2, 0.25) is 0 Å². The van der Waals surface area contributed by atoms with Crippen molar-refractivity contribution in [3.05, 3.63) is 35.1 Å². The normalized spacial score (nSPS) is 22.8. The average molecular weight is 181 g/mol. The van der Waals surface area contributed by atoms with Crippen molar-refractivity contribution >= 4 is 0 Å². The zero-order chi connectivity index (χ0) is 9.42. The Morgan fingerprint density at radius 1 is 1.62 bits per heavy atom. The van der Waals surface area contributed by atoms with Gasteiger partial charge in [0, 0.05) is 11.6 Å². The van der Waals surface area contributed by atoms with E-state index in [2.05, 4.69) is 0 Å². The van der Waals surface area contributed by atoms with E-state index >= 15 is 0 Å². The van der Waals surface area contributed by atoms with Crippen LogP contribution >= 0.6 is 0 Å². The van der Waals surface area contributed by atoms with Crippen LogP contribution in [0.2, 0.25) is 0 Å². The van der Waals surface area contributed by atoms with Crippen molar-refractivity contribution in [3.63, 3.8) is 0 Å². The Kier molecular flexibility index (Phi) is 2.06. The minimum absolute atomic E-state index is 0.168. The summed E-state index contributed by atoms with van der Waals surface area (Å²) in [7, 11) is 0. The summed E-state index contributed by atoms with van der Waals surface area (Å²) in [5, 5.41) is 0. The molecule has 2 atom stereocenters. The molecule has 2 N–H and O–H groups in total. The van der Waals surface area contributed by atoms with Crippen LogP contribution in [0.1, 0.15) is 24.2 Å². The van der Waals surface area contributed by atoms with Crippen LogP contribution in [0.15, 0.2) is 18.2 Å². The molecule has 0 bridgehead atoms. The molecule has 0 amide bonds.